The van der Waals surface area contributed by atoms with Crippen molar-refractivity contribution in [2.24, 2.45) is 0 Å². The largest absolute Gasteiger partial charge is 0.455 e. The molecule has 21 heavy (non-hydrogen) atoms. The van der Waals surface area contributed by atoms with E-state index in [2.05, 4.69) is 5.32 Å². The summed E-state index contributed by atoms with van der Waals surface area (Å²) >= 11 is 1.65. The number of rotatable bonds is 3. The van der Waals surface area contributed by atoms with E-state index in [4.69, 9.17) is 9.15 Å². The molecule has 0 unspecified atom stereocenters. The van der Waals surface area contributed by atoms with E-state index < -0.39 is 11.7 Å². The molecule has 1 atom stereocenters. The Kier molecular flexibility index (Phi) is 3.84. The van der Waals surface area contributed by atoms with E-state index in [-0.39, 0.29) is 5.91 Å². The Morgan fingerprint density at radius 3 is 3.10 bits per heavy atom. The van der Waals surface area contributed by atoms with Gasteiger partial charge in [-0.3, -0.25) is 4.79 Å². The van der Waals surface area contributed by atoms with Crippen molar-refractivity contribution in [1.82, 2.24) is 10.2 Å². The maximum absolute atomic E-state index is 12.5. The molecular formula is C14H18N2O4S. The Balaban J connectivity index is 1.70. The van der Waals surface area contributed by atoms with E-state index in [0.717, 1.165) is 24.4 Å². The molecule has 2 amide bonds. The summed E-state index contributed by atoms with van der Waals surface area (Å²) in [7, 11) is 0. The van der Waals surface area contributed by atoms with Gasteiger partial charge in [0.1, 0.15) is 11.4 Å². The quantitative estimate of drug-likeness (QED) is 0.922. The molecule has 1 spiro atoms. The van der Waals surface area contributed by atoms with Gasteiger partial charge in [-0.05, 0) is 31.2 Å². The highest BCUT2D eigenvalue weighted by Crippen LogP contribution is 2.29. The third kappa shape index (κ3) is 2.88. The molecule has 114 valence electrons. The molecule has 0 saturated carbocycles. The van der Waals surface area contributed by atoms with Crippen LogP contribution in [0.25, 0.3) is 0 Å². The van der Waals surface area contributed by atoms with Crippen molar-refractivity contribution in [3.63, 3.8) is 0 Å². The standard InChI is InChI=1S/C14H18N2O4S/c1-21-7-10-3-4-11(19-10)12(17)16-6-2-5-14(9-16)8-15-13(18)20-14/h3-4H,2,5-9H2,1H3,(H,15,18)/t14-/m0/s1. The van der Waals surface area contributed by atoms with E-state index in [0.29, 0.717) is 25.4 Å². The number of furan rings is 1. The van der Waals surface area contributed by atoms with Crippen LogP contribution in [0.5, 0.6) is 0 Å². The lowest BCUT2D eigenvalue weighted by atomic mass is 9.93. The number of hydrogen-bond acceptors (Lipinski definition) is 5. The second-order valence-corrected chi connectivity index (χ2v) is 6.32. The average molecular weight is 310 g/mol. The zero-order valence-corrected chi connectivity index (χ0v) is 12.7. The van der Waals surface area contributed by atoms with Crippen LogP contribution in [0.4, 0.5) is 4.79 Å². The number of nitrogens with zero attached hydrogens (tertiary/aromatic N) is 1. The van der Waals surface area contributed by atoms with Crippen molar-refractivity contribution in [3.8, 4) is 0 Å². The molecule has 0 aliphatic carbocycles. The number of hydrogen-bond donors (Lipinski definition) is 1. The first-order valence-corrected chi connectivity index (χ1v) is 8.35. The fourth-order valence-corrected chi connectivity index (χ4v) is 3.31. The van der Waals surface area contributed by atoms with E-state index in [1.54, 1.807) is 22.7 Å². The number of likely N-dealkylation sites (tertiary alicyclic amines) is 1. The number of ether oxygens (including phenoxy) is 1. The second kappa shape index (κ2) is 5.63. The van der Waals surface area contributed by atoms with Crippen LogP contribution in [0, 0.1) is 0 Å². The van der Waals surface area contributed by atoms with Gasteiger partial charge < -0.3 is 19.4 Å². The second-order valence-electron chi connectivity index (χ2n) is 5.46. The predicted molar refractivity (Wildman–Crippen MR) is 78.3 cm³/mol. The van der Waals surface area contributed by atoms with Crippen LogP contribution in [0.15, 0.2) is 16.5 Å². The lowest BCUT2D eigenvalue weighted by Crippen LogP contribution is -2.52. The van der Waals surface area contributed by atoms with Crippen LogP contribution in [0.2, 0.25) is 0 Å². The molecule has 0 aromatic carbocycles. The SMILES string of the molecule is CSCc1ccc(C(=O)N2CCC[C@]3(CNC(=O)O3)C2)o1. The summed E-state index contributed by atoms with van der Waals surface area (Å²) in [5, 5.41) is 2.67. The molecule has 1 aromatic heterocycles. The minimum Gasteiger partial charge on any atom is -0.455 e. The molecule has 6 nitrogen and oxygen atoms in total. The Morgan fingerprint density at radius 2 is 2.38 bits per heavy atom. The average Bonchev–Trinajstić information content (AvgIpc) is 3.06. The number of alkyl carbamates (subject to hydrolysis) is 1. The van der Waals surface area contributed by atoms with Crippen LogP contribution in [0.1, 0.15) is 29.2 Å². The fourth-order valence-electron chi connectivity index (χ4n) is 2.87. The van der Waals surface area contributed by atoms with Crippen molar-refractivity contribution < 1.29 is 18.7 Å². The number of amides is 2. The van der Waals surface area contributed by atoms with Gasteiger partial charge in [0.05, 0.1) is 18.8 Å². The highest BCUT2D eigenvalue weighted by Gasteiger charge is 2.45. The monoisotopic (exact) mass is 310 g/mol. The number of carbonyl (C=O) groups excluding carboxylic acids is 2. The summed E-state index contributed by atoms with van der Waals surface area (Å²) in [5.74, 6) is 1.77. The van der Waals surface area contributed by atoms with E-state index >= 15 is 0 Å². The van der Waals surface area contributed by atoms with E-state index in [1.165, 1.54) is 0 Å². The van der Waals surface area contributed by atoms with Crippen molar-refractivity contribution in [1.29, 1.82) is 0 Å². The van der Waals surface area contributed by atoms with Gasteiger partial charge in [0, 0.05) is 6.54 Å². The smallest absolute Gasteiger partial charge is 0.407 e. The number of thioether (sulfide) groups is 1. The van der Waals surface area contributed by atoms with Gasteiger partial charge in [-0.2, -0.15) is 11.8 Å². The topological polar surface area (TPSA) is 71.8 Å². The predicted octanol–water partition coefficient (Wildman–Crippen LogP) is 1.86. The molecule has 3 heterocycles. The first kappa shape index (κ1) is 14.3. The van der Waals surface area contributed by atoms with Crippen molar-refractivity contribution in [2.45, 2.75) is 24.2 Å². The number of piperidine rings is 1. The van der Waals surface area contributed by atoms with Gasteiger partial charge in [-0.15, -0.1) is 0 Å². The molecular weight excluding hydrogens is 292 g/mol. The van der Waals surface area contributed by atoms with Crippen molar-refractivity contribution >= 4 is 23.8 Å². The first-order valence-electron chi connectivity index (χ1n) is 6.96. The summed E-state index contributed by atoms with van der Waals surface area (Å²) < 4.78 is 10.9. The summed E-state index contributed by atoms with van der Waals surface area (Å²) in [4.78, 5) is 25.5. The van der Waals surface area contributed by atoms with Crippen molar-refractivity contribution in [3.05, 3.63) is 23.7 Å². The van der Waals surface area contributed by atoms with E-state index in [1.807, 2.05) is 12.3 Å². The fraction of sp³-hybridized carbons (Fsp3) is 0.571. The van der Waals surface area contributed by atoms with Gasteiger partial charge in [-0.25, -0.2) is 4.79 Å². The molecule has 3 rings (SSSR count). The van der Waals surface area contributed by atoms with Crippen LogP contribution in [0.3, 0.4) is 0 Å². The summed E-state index contributed by atoms with van der Waals surface area (Å²) in [6.07, 6.45) is 3.19. The van der Waals surface area contributed by atoms with Crippen molar-refractivity contribution in [2.75, 3.05) is 25.9 Å². The first-order chi connectivity index (χ1) is 10.1. The highest BCUT2D eigenvalue weighted by molar-refractivity contribution is 7.97. The van der Waals surface area contributed by atoms with Gasteiger partial charge in [0.15, 0.2) is 5.76 Å². The molecule has 1 aromatic rings. The van der Waals surface area contributed by atoms with Gasteiger partial charge >= 0.3 is 6.09 Å². The van der Waals surface area contributed by atoms with Crippen LogP contribution >= 0.6 is 11.8 Å². The van der Waals surface area contributed by atoms with Gasteiger partial charge in [0.2, 0.25) is 0 Å². The van der Waals surface area contributed by atoms with Gasteiger partial charge in [-0.1, -0.05) is 0 Å². The Labute approximate surface area is 127 Å². The third-order valence-electron chi connectivity index (χ3n) is 3.85. The lowest BCUT2D eigenvalue weighted by molar-refractivity contribution is -0.00606. The maximum Gasteiger partial charge on any atom is 0.407 e. The number of carbonyl (C=O) groups is 2. The summed E-state index contributed by atoms with van der Waals surface area (Å²) in [6, 6.07) is 3.55. The molecule has 0 bridgehead atoms. The molecule has 0 radical (unpaired) electrons. The highest BCUT2D eigenvalue weighted by atomic mass is 32.2. The molecule has 1 N–H and O–H groups in total. The molecule has 7 heteroatoms. The van der Waals surface area contributed by atoms with Crippen LogP contribution in [-0.2, 0) is 10.5 Å². The van der Waals surface area contributed by atoms with Crippen LogP contribution < -0.4 is 5.32 Å². The number of nitrogens with one attached hydrogen (secondary N) is 1. The Bertz CT molecular complexity index is 559. The Hall–Kier alpha value is -1.63. The summed E-state index contributed by atoms with van der Waals surface area (Å²) in [5.41, 5.74) is -0.570. The van der Waals surface area contributed by atoms with Crippen LogP contribution in [-0.4, -0.2) is 48.4 Å². The van der Waals surface area contributed by atoms with Gasteiger partial charge in [0.25, 0.3) is 5.91 Å². The molecule has 2 fully saturated rings. The minimum atomic E-state index is -0.570. The Morgan fingerprint density at radius 1 is 1.52 bits per heavy atom. The minimum absolute atomic E-state index is 0.135. The zero-order valence-electron chi connectivity index (χ0n) is 11.9. The molecule has 2 aliphatic heterocycles. The maximum atomic E-state index is 12.5. The lowest BCUT2D eigenvalue weighted by Gasteiger charge is -2.37. The summed E-state index contributed by atoms with van der Waals surface area (Å²) in [6.45, 7) is 1.55. The zero-order chi connectivity index (χ0) is 14.9. The third-order valence-corrected chi connectivity index (χ3v) is 4.42. The molecule has 2 saturated heterocycles. The molecule has 2 aliphatic rings. The van der Waals surface area contributed by atoms with E-state index in [9.17, 15) is 9.59 Å². The normalized spacial score (nSPS) is 25.0.